The number of hydrogen-bond donors (Lipinski definition) is 1. The molecular weight excluding hydrogens is 228 g/mol. The van der Waals surface area contributed by atoms with E-state index in [1.54, 1.807) is 7.11 Å². The largest absolute Gasteiger partial charge is 0.481 e. The molecule has 3 nitrogen and oxygen atoms in total. The fourth-order valence-corrected chi connectivity index (χ4v) is 2.66. The van der Waals surface area contributed by atoms with Gasteiger partial charge in [-0.05, 0) is 36.8 Å². The Morgan fingerprint density at radius 3 is 2.22 bits per heavy atom. The Morgan fingerprint density at radius 1 is 1.22 bits per heavy atom. The first-order valence-corrected chi connectivity index (χ1v) is 6.48. The van der Waals surface area contributed by atoms with Crippen molar-refractivity contribution in [3.05, 3.63) is 35.4 Å². The highest BCUT2D eigenvalue weighted by molar-refractivity contribution is 5.84. The van der Waals surface area contributed by atoms with E-state index in [2.05, 4.69) is 12.1 Å². The van der Waals surface area contributed by atoms with Gasteiger partial charge in [0.1, 0.15) is 0 Å². The predicted molar refractivity (Wildman–Crippen MR) is 67.7 cm³/mol. The molecule has 0 unspecified atom stereocenters. The molecule has 0 heterocycles. The van der Waals surface area contributed by atoms with Crippen molar-refractivity contribution < 1.29 is 14.6 Å². The Morgan fingerprint density at radius 2 is 1.83 bits per heavy atom. The van der Waals surface area contributed by atoms with Crippen LogP contribution in [-0.2, 0) is 21.4 Å². The summed E-state index contributed by atoms with van der Waals surface area (Å²) in [6.45, 7) is 0. The van der Waals surface area contributed by atoms with E-state index in [4.69, 9.17) is 4.74 Å². The lowest BCUT2D eigenvalue weighted by atomic mass is 9.94. The molecule has 1 aromatic carbocycles. The number of methoxy groups -OCH3 is 1. The number of benzene rings is 1. The van der Waals surface area contributed by atoms with E-state index in [1.807, 2.05) is 12.1 Å². The van der Waals surface area contributed by atoms with Gasteiger partial charge in [0.15, 0.2) is 0 Å². The van der Waals surface area contributed by atoms with Gasteiger partial charge < -0.3 is 9.84 Å². The Hall–Kier alpha value is -1.35. The molecule has 2 fully saturated rings. The SMILES string of the molecule is COC1(Cc2ccc(C3(C(=O)O)CC3)cc2)CC1. The van der Waals surface area contributed by atoms with Crippen molar-refractivity contribution >= 4 is 5.97 Å². The minimum Gasteiger partial charge on any atom is -0.481 e. The van der Waals surface area contributed by atoms with Crippen molar-refractivity contribution in [1.29, 1.82) is 0 Å². The summed E-state index contributed by atoms with van der Waals surface area (Å²) in [6.07, 6.45) is 4.73. The zero-order chi connectivity index (χ0) is 12.8. The average molecular weight is 246 g/mol. The topological polar surface area (TPSA) is 46.5 Å². The van der Waals surface area contributed by atoms with Gasteiger partial charge in [0, 0.05) is 13.5 Å². The van der Waals surface area contributed by atoms with Gasteiger partial charge in [-0.1, -0.05) is 24.3 Å². The molecule has 2 aliphatic carbocycles. The molecule has 2 aliphatic rings. The third-order valence-electron chi connectivity index (χ3n) is 4.43. The molecule has 1 aromatic rings. The molecule has 3 rings (SSSR count). The highest BCUT2D eigenvalue weighted by Gasteiger charge is 2.51. The fraction of sp³-hybridized carbons (Fsp3) is 0.533. The van der Waals surface area contributed by atoms with Crippen LogP contribution >= 0.6 is 0 Å². The van der Waals surface area contributed by atoms with Crippen LogP contribution < -0.4 is 0 Å². The summed E-state index contributed by atoms with van der Waals surface area (Å²) in [5.74, 6) is -0.689. The molecule has 1 N–H and O–H groups in total. The van der Waals surface area contributed by atoms with Crippen LogP contribution in [0.2, 0.25) is 0 Å². The maximum Gasteiger partial charge on any atom is 0.314 e. The first kappa shape index (κ1) is 11.7. The minimum absolute atomic E-state index is 0.0611. The van der Waals surface area contributed by atoms with Crippen LogP contribution in [0.15, 0.2) is 24.3 Å². The molecular formula is C15H18O3. The van der Waals surface area contributed by atoms with Crippen LogP contribution in [-0.4, -0.2) is 23.8 Å². The molecule has 2 saturated carbocycles. The Labute approximate surface area is 107 Å². The van der Waals surface area contributed by atoms with Gasteiger partial charge in [0.05, 0.1) is 11.0 Å². The van der Waals surface area contributed by atoms with E-state index in [0.717, 1.165) is 37.7 Å². The lowest BCUT2D eigenvalue weighted by Crippen LogP contribution is -2.19. The summed E-state index contributed by atoms with van der Waals surface area (Å²) in [7, 11) is 1.77. The second-order valence-corrected chi connectivity index (χ2v) is 5.65. The number of ether oxygens (including phenoxy) is 1. The number of aliphatic carboxylic acids is 1. The zero-order valence-electron chi connectivity index (χ0n) is 10.6. The molecule has 3 heteroatoms. The van der Waals surface area contributed by atoms with Crippen LogP contribution in [0.25, 0.3) is 0 Å². The van der Waals surface area contributed by atoms with E-state index < -0.39 is 11.4 Å². The summed E-state index contributed by atoms with van der Waals surface area (Å²) in [6, 6.07) is 8.05. The monoisotopic (exact) mass is 246 g/mol. The summed E-state index contributed by atoms with van der Waals surface area (Å²) >= 11 is 0. The van der Waals surface area contributed by atoms with Crippen LogP contribution in [0.4, 0.5) is 0 Å². The molecule has 0 aliphatic heterocycles. The summed E-state index contributed by atoms with van der Waals surface area (Å²) < 4.78 is 5.51. The summed E-state index contributed by atoms with van der Waals surface area (Å²) in [4.78, 5) is 11.2. The van der Waals surface area contributed by atoms with E-state index >= 15 is 0 Å². The molecule has 0 saturated heterocycles. The highest BCUT2D eigenvalue weighted by Crippen LogP contribution is 2.48. The normalized spacial score (nSPS) is 22.5. The molecule has 96 valence electrons. The van der Waals surface area contributed by atoms with Crippen molar-refractivity contribution in [3.8, 4) is 0 Å². The fourth-order valence-electron chi connectivity index (χ4n) is 2.66. The van der Waals surface area contributed by atoms with Gasteiger partial charge in [0.2, 0.25) is 0 Å². The molecule has 18 heavy (non-hydrogen) atoms. The van der Waals surface area contributed by atoms with Crippen molar-refractivity contribution in [1.82, 2.24) is 0 Å². The van der Waals surface area contributed by atoms with Gasteiger partial charge in [0.25, 0.3) is 0 Å². The van der Waals surface area contributed by atoms with Crippen molar-refractivity contribution in [2.24, 2.45) is 0 Å². The minimum atomic E-state index is -0.689. The standard InChI is InChI=1S/C15H18O3/c1-18-14(6-7-14)10-11-2-4-12(5-3-11)15(8-9-15)13(16)17/h2-5H,6-10H2,1H3,(H,16,17). The average Bonchev–Trinajstić information content (AvgIpc) is 3.25. The third kappa shape index (κ3) is 1.83. The molecule has 0 bridgehead atoms. The predicted octanol–water partition coefficient (Wildman–Crippen LogP) is 2.52. The summed E-state index contributed by atoms with van der Waals surface area (Å²) in [5, 5.41) is 9.24. The van der Waals surface area contributed by atoms with Crippen LogP contribution in [0.1, 0.15) is 36.8 Å². The molecule has 0 amide bonds. The lowest BCUT2D eigenvalue weighted by molar-refractivity contribution is -0.140. The maximum atomic E-state index is 11.2. The van der Waals surface area contributed by atoms with E-state index in [1.165, 1.54) is 5.56 Å². The van der Waals surface area contributed by atoms with Gasteiger partial charge in [-0.15, -0.1) is 0 Å². The quantitative estimate of drug-likeness (QED) is 0.868. The second-order valence-electron chi connectivity index (χ2n) is 5.65. The Bertz CT molecular complexity index is 467. The Kier molecular flexibility index (Phi) is 2.49. The van der Waals surface area contributed by atoms with E-state index in [0.29, 0.717) is 0 Å². The number of rotatable bonds is 5. The van der Waals surface area contributed by atoms with Gasteiger partial charge in [-0.3, -0.25) is 4.79 Å². The highest BCUT2D eigenvalue weighted by atomic mass is 16.5. The van der Waals surface area contributed by atoms with Crippen LogP contribution in [0.5, 0.6) is 0 Å². The van der Waals surface area contributed by atoms with E-state index in [9.17, 15) is 9.90 Å². The van der Waals surface area contributed by atoms with Crippen molar-refractivity contribution in [3.63, 3.8) is 0 Å². The van der Waals surface area contributed by atoms with Gasteiger partial charge in [-0.2, -0.15) is 0 Å². The molecule has 0 atom stereocenters. The van der Waals surface area contributed by atoms with Crippen LogP contribution in [0, 0.1) is 0 Å². The molecule has 0 radical (unpaired) electrons. The molecule has 0 aromatic heterocycles. The van der Waals surface area contributed by atoms with Gasteiger partial charge >= 0.3 is 5.97 Å². The first-order chi connectivity index (χ1) is 8.60. The van der Waals surface area contributed by atoms with Crippen molar-refractivity contribution in [2.45, 2.75) is 43.1 Å². The number of carbonyl (C=O) groups is 1. The second kappa shape index (κ2) is 3.82. The number of carboxylic acid groups (broad SMARTS) is 1. The Balaban J connectivity index is 1.76. The van der Waals surface area contributed by atoms with Crippen molar-refractivity contribution in [2.75, 3.05) is 7.11 Å². The smallest absolute Gasteiger partial charge is 0.314 e. The maximum absolute atomic E-state index is 11.2. The zero-order valence-corrected chi connectivity index (χ0v) is 10.6. The number of carboxylic acids is 1. The third-order valence-corrected chi connectivity index (χ3v) is 4.43. The lowest BCUT2D eigenvalue weighted by Gasteiger charge is -2.15. The van der Waals surface area contributed by atoms with E-state index in [-0.39, 0.29) is 5.60 Å². The molecule has 0 spiro atoms. The number of hydrogen-bond acceptors (Lipinski definition) is 2. The van der Waals surface area contributed by atoms with Crippen LogP contribution in [0.3, 0.4) is 0 Å². The van der Waals surface area contributed by atoms with Gasteiger partial charge in [-0.25, -0.2) is 0 Å². The summed E-state index contributed by atoms with van der Waals surface area (Å²) in [5.41, 5.74) is 1.66. The first-order valence-electron chi connectivity index (χ1n) is 6.48.